The van der Waals surface area contributed by atoms with Crippen LogP contribution in [0.4, 0.5) is 0 Å². The second-order valence-corrected chi connectivity index (χ2v) is 21.6. The summed E-state index contributed by atoms with van der Waals surface area (Å²) in [5.41, 5.74) is 0. The fraction of sp³-hybridized carbons (Fsp3) is 1.00. The number of rotatable bonds is 7. The molecule has 0 aliphatic carbocycles. The van der Waals surface area contributed by atoms with E-state index in [0.717, 1.165) is 76.3 Å². The zero-order chi connectivity index (χ0) is 71.9. The third-order valence-corrected chi connectivity index (χ3v) is 14.1. The van der Waals surface area contributed by atoms with E-state index in [9.17, 15) is 0 Å². The zero-order valence-electron chi connectivity index (χ0n) is 70.1. The van der Waals surface area contributed by atoms with E-state index < -0.39 is 0 Å². The van der Waals surface area contributed by atoms with Crippen LogP contribution >= 0.6 is 0 Å². The summed E-state index contributed by atoms with van der Waals surface area (Å²) in [6.07, 6.45) is 11.0. The Labute approximate surface area is 451 Å². The van der Waals surface area contributed by atoms with Gasteiger partial charge in [-0.25, -0.2) is 0 Å². The number of ether oxygens (including phenoxy) is 2. The number of likely N-dealkylation sites (tertiary alicyclic amines) is 3. The second-order valence-electron chi connectivity index (χ2n) is 21.6. The van der Waals surface area contributed by atoms with Crippen LogP contribution in [0.1, 0.15) is 197 Å². The van der Waals surface area contributed by atoms with Crippen LogP contribution < -0.4 is 0 Å². The van der Waals surface area contributed by atoms with Crippen LogP contribution in [0.2, 0.25) is 0 Å². The largest absolute Gasteiger partial charge is 0.380 e. The van der Waals surface area contributed by atoms with Gasteiger partial charge in [-0.15, -0.1) is 0 Å². The van der Waals surface area contributed by atoms with Gasteiger partial charge in [0.25, 0.3) is 0 Å². The Morgan fingerprint density at radius 3 is 0.831 bits per heavy atom. The monoisotopic (exact) mass is 986 g/mol. The van der Waals surface area contributed by atoms with Crippen molar-refractivity contribution in [1.82, 2.24) is 44.1 Å². The Kier molecular flexibility index (Phi) is 27.6. The first-order chi connectivity index (χ1) is 42.4. The van der Waals surface area contributed by atoms with E-state index >= 15 is 0 Å². The number of hydrogen-bond acceptors (Lipinski definition) is 11. The van der Waals surface area contributed by atoms with Gasteiger partial charge >= 0.3 is 0 Å². The first-order valence-corrected chi connectivity index (χ1v) is 27.1. The van der Waals surface area contributed by atoms with E-state index in [1.165, 1.54) is 150 Å². The normalized spacial score (nSPS) is 24.4. The highest BCUT2D eigenvalue weighted by Gasteiger charge is 2.18. The smallest absolute Gasteiger partial charge is 0.0594 e. The first kappa shape index (κ1) is 45.7. The Bertz CT molecular complexity index is 1070. The summed E-state index contributed by atoms with van der Waals surface area (Å²) in [5.74, 6) is 0. The molecule has 7 heterocycles. The Balaban J connectivity index is -0.0000000454. The molecule has 7 aliphatic heterocycles. The van der Waals surface area contributed by atoms with E-state index in [4.69, 9.17) is 45.1 Å². The lowest BCUT2D eigenvalue weighted by Gasteiger charge is -2.34. The summed E-state index contributed by atoms with van der Waals surface area (Å²) < 4.78 is 131. The molecule has 0 N–H and O–H groups in total. The van der Waals surface area contributed by atoms with Crippen molar-refractivity contribution < 1.29 is 50.8 Å². The summed E-state index contributed by atoms with van der Waals surface area (Å²) in [4.78, 5) is 22.4. The minimum atomic E-state index is 0. The Hall–Kier alpha value is -0.440. The SMILES string of the molecule is C.CC(C)N1CCC1.CC(C)N1CCCC1.CC(C)N1CCCCC1.CC(C)N1CCCN(C)CC1.CC(C)N1CCCOCC1.CC(C)N1CCN(C)CC1.CC(C)N1CCOCC1.[2HH].[2HH].[2HH].[2HH].[2H][2H].[2H][2H].[2H][2H].[2H][2H].[2H][2H].[2H][2H].[2H][2H].[2H][2H].[2H][2H].[2H][2H].[2H][2H].[2H][2H]. The van der Waals surface area contributed by atoms with Gasteiger partial charge in [-0.3, -0.25) is 19.6 Å². The molecule has 0 aromatic heterocycles. The molecule has 0 spiro atoms. The summed E-state index contributed by atoms with van der Waals surface area (Å²) in [6, 6.07) is 5.15. The van der Waals surface area contributed by atoms with Gasteiger partial charge in [-0.2, -0.15) is 0 Å². The molecule has 11 nitrogen and oxygen atoms in total. The molecule has 0 aromatic rings. The van der Waals surface area contributed by atoms with Gasteiger partial charge in [-0.05, 0) is 208 Å². The molecule has 0 atom stereocenters. The van der Waals surface area contributed by atoms with Gasteiger partial charge in [0, 0.05) is 156 Å². The summed E-state index contributed by atoms with van der Waals surface area (Å²) >= 11 is 0. The van der Waals surface area contributed by atoms with Crippen molar-refractivity contribution in [2.45, 2.75) is 198 Å². The highest BCUT2D eigenvalue weighted by Crippen LogP contribution is 2.12. The zero-order valence-corrected chi connectivity index (χ0v) is 46.1. The third-order valence-electron chi connectivity index (χ3n) is 14.1. The van der Waals surface area contributed by atoms with Gasteiger partial charge in [0.1, 0.15) is 0 Å². The number of hydrogen-bond donors (Lipinski definition) is 0. The number of nitrogens with zero attached hydrogens (tertiary/aromatic N) is 9. The molecule has 0 radical (unpaired) electrons. The number of likely N-dealkylation sites (N-methyl/N-ethyl adjacent to an activating group) is 2. The molecule has 0 bridgehead atoms. The van der Waals surface area contributed by atoms with Crippen LogP contribution in [0.15, 0.2) is 0 Å². The van der Waals surface area contributed by atoms with Crippen molar-refractivity contribution in [2.24, 2.45) is 0 Å². The standard InChI is InChI=1S/C9H20N2.C8H18N2.C8H17NO.C8H17N.C7H15NO.C7H15N.C6H13N.CH4.16H2/c1-9(2)11-6-4-5-10(3)7-8-11;1-8(2)10-6-4-9(3)5-7-10;1-8(2)9-4-3-6-10-7-5-9;1-8(2)9-6-4-3-5-7-9;1-7(2)8-3-5-9-6-4-8;1-7(2)8-5-3-4-6-8;1-6(2)7-4-3-5-7;;;;;;;;;;;;;;;;;/h9H,4-8H2,1-3H3;8H,4-7H2,1-3H3;8H,3-7H2,1-2H3;8H,3-7H2,1-2H3;7H,3-6H2,1-2H3;7H,3-6H2,1-2H3;6H,3-5H2,1-2H3;1H4;16*1H/i;;;;;;;;12*1+1D;4*1+1. The average molecular weight is 987 g/mol. The van der Waals surface area contributed by atoms with Crippen molar-refractivity contribution in [3.63, 3.8) is 0 Å². The average Bonchev–Trinajstić information content (AvgIpc) is 2.85. The highest BCUT2D eigenvalue weighted by atomic mass is 16.5. The van der Waals surface area contributed by atoms with E-state index in [1.54, 1.807) is 0 Å². The van der Waals surface area contributed by atoms with E-state index in [1.807, 2.05) is 0 Å². The predicted molar refractivity (Wildman–Crippen MR) is 321 cm³/mol. The van der Waals surface area contributed by atoms with Gasteiger partial charge < -0.3 is 34.0 Å². The number of piperazine rings is 1. The van der Waals surface area contributed by atoms with E-state index in [0.29, 0.717) is 12.1 Å². The van der Waals surface area contributed by atoms with Crippen LogP contribution in [0.3, 0.4) is 0 Å². The van der Waals surface area contributed by atoms with Crippen molar-refractivity contribution in [3.8, 4) is 0 Å². The van der Waals surface area contributed by atoms with Crippen LogP contribution in [0.5, 0.6) is 0 Å². The van der Waals surface area contributed by atoms with Crippen molar-refractivity contribution >= 4 is 0 Å². The Morgan fingerprint density at radius 1 is 0.262 bits per heavy atom. The van der Waals surface area contributed by atoms with E-state index in [-0.39, 0.29) is 13.1 Å². The van der Waals surface area contributed by atoms with Crippen molar-refractivity contribution in [1.29, 1.82) is 0 Å². The van der Waals surface area contributed by atoms with Crippen LogP contribution in [0, 0.1) is 0 Å². The van der Waals surface area contributed by atoms with Gasteiger partial charge in [-0.1, -0.05) is 13.8 Å². The van der Waals surface area contributed by atoms with Crippen LogP contribution in [-0.4, -0.2) is 245 Å². The fourth-order valence-electron chi connectivity index (χ4n) is 8.85. The molecule has 7 fully saturated rings. The molecule has 0 saturated carbocycles. The van der Waals surface area contributed by atoms with Gasteiger partial charge in [0.05, 0.1) is 19.8 Å². The van der Waals surface area contributed by atoms with Gasteiger partial charge in [0.2, 0.25) is 0 Å². The molecule has 0 amide bonds. The maximum Gasteiger partial charge on any atom is 0.0594 e. The lowest BCUT2D eigenvalue weighted by molar-refractivity contribution is 0.0238. The minimum Gasteiger partial charge on any atom is -0.380 e. The molecule has 424 valence electrons. The number of morpholine rings is 1. The summed E-state index contributed by atoms with van der Waals surface area (Å²) in [6.45, 7) is 57.8. The highest BCUT2D eigenvalue weighted by molar-refractivity contribution is 4.74. The van der Waals surface area contributed by atoms with Crippen molar-refractivity contribution in [2.75, 3.05) is 158 Å². The molecule has 0 unspecified atom stereocenters. The maximum absolute atomic E-state index is 5.33. The lowest BCUT2D eigenvalue weighted by Crippen LogP contribution is -2.47. The summed E-state index contributed by atoms with van der Waals surface area (Å²) in [5, 5.41) is 0. The predicted octanol–water partition coefficient (Wildman–Crippen LogP) is 12.6. The van der Waals surface area contributed by atoms with E-state index in [2.05, 4.69) is 155 Å². The molecule has 7 aliphatic rings. The molecular formula is C54H151N9O2. The fourth-order valence-corrected chi connectivity index (χ4v) is 8.85. The van der Waals surface area contributed by atoms with Crippen LogP contribution in [-0.2, 0) is 9.47 Å². The lowest BCUT2D eigenvalue weighted by atomic mass is 10.1. The molecule has 7 saturated heterocycles. The number of piperidine rings is 1. The molecule has 65 heavy (non-hydrogen) atoms. The first-order valence-electron chi connectivity index (χ1n) is 39.1. The maximum atomic E-state index is 5.33. The summed E-state index contributed by atoms with van der Waals surface area (Å²) in [7, 11) is 4.40. The van der Waals surface area contributed by atoms with Crippen LogP contribution in [0.25, 0.3) is 0 Å². The van der Waals surface area contributed by atoms with Gasteiger partial charge in [0.15, 0.2) is 0 Å². The third kappa shape index (κ3) is 32.1. The molecule has 11 heteroatoms. The minimum absolute atomic E-state index is 0. The quantitative estimate of drug-likeness (QED) is 0.245. The molecular weight excluding hydrogens is 807 g/mol. The molecule has 7 rings (SSSR count). The Morgan fingerprint density at radius 2 is 0.492 bits per heavy atom. The van der Waals surface area contributed by atoms with Crippen molar-refractivity contribution in [3.05, 3.63) is 0 Å². The molecule has 0 aromatic carbocycles. The topological polar surface area (TPSA) is 47.6 Å². The second kappa shape index (κ2) is 39.3.